The Kier molecular flexibility index (Phi) is 4.51. The fraction of sp³-hybridized carbons (Fsp3) is 0.273. The number of hydrogen-bond acceptors (Lipinski definition) is 4. The van der Waals surface area contributed by atoms with Crippen LogP contribution >= 0.6 is 0 Å². The SMILES string of the molecule is CCN(CC(=O)O)C(=O)c1cc([N+](=O)[O-])ccc1F. The van der Waals surface area contributed by atoms with E-state index in [1.165, 1.54) is 6.92 Å². The van der Waals surface area contributed by atoms with E-state index in [-0.39, 0.29) is 6.54 Å². The van der Waals surface area contributed by atoms with Crippen LogP contribution in [0.4, 0.5) is 10.1 Å². The molecule has 0 radical (unpaired) electrons. The van der Waals surface area contributed by atoms with Crippen molar-refractivity contribution in [3.63, 3.8) is 0 Å². The molecular formula is C11H11FN2O5. The van der Waals surface area contributed by atoms with Crippen LogP contribution in [0.3, 0.4) is 0 Å². The fourth-order valence-corrected chi connectivity index (χ4v) is 1.45. The molecule has 1 N–H and O–H groups in total. The number of halogens is 1. The largest absolute Gasteiger partial charge is 0.480 e. The highest BCUT2D eigenvalue weighted by molar-refractivity contribution is 5.96. The second-order valence-corrected chi connectivity index (χ2v) is 3.63. The van der Waals surface area contributed by atoms with Gasteiger partial charge in [-0.3, -0.25) is 19.7 Å². The first-order chi connectivity index (χ1) is 8.86. The van der Waals surface area contributed by atoms with E-state index in [2.05, 4.69) is 0 Å². The molecule has 0 heterocycles. The normalized spacial score (nSPS) is 10.0. The summed E-state index contributed by atoms with van der Waals surface area (Å²) in [6, 6.07) is 2.53. The van der Waals surface area contributed by atoms with Crippen molar-refractivity contribution >= 4 is 17.6 Å². The maximum Gasteiger partial charge on any atom is 0.323 e. The number of benzene rings is 1. The highest BCUT2D eigenvalue weighted by atomic mass is 19.1. The molecule has 0 aromatic heterocycles. The van der Waals surface area contributed by atoms with E-state index in [1.807, 2.05) is 0 Å². The highest BCUT2D eigenvalue weighted by Crippen LogP contribution is 2.18. The van der Waals surface area contributed by atoms with Crippen molar-refractivity contribution in [3.8, 4) is 0 Å². The van der Waals surface area contributed by atoms with Crippen molar-refractivity contribution in [3.05, 3.63) is 39.7 Å². The Balaban J connectivity index is 3.13. The van der Waals surface area contributed by atoms with Crippen LogP contribution in [0.1, 0.15) is 17.3 Å². The summed E-state index contributed by atoms with van der Waals surface area (Å²) in [4.78, 5) is 33.2. The van der Waals surface area contributed by atoms with Gasteiger partial charge < -0.3 is 10.0 Å². The van der Waals surface area contributed by atoms with Gasteiger partial charge in [0.1, 0.15) is 12.4 Å². The maximum absolute atomic E-state index is 13.5. The molecule has 1 rings (SSSR count). The molecule has 0 unspecified atom stereocenters. The number of rotatable bonds is 5. The van der Waals surface area contributed by atoms with Gasteiger partial charge in [-0.2, -0.15) is 0 Å². The van der Waals surface area contributed by atoms with E-state index < -0.39 is 40.4 Å². The summed E-state index contributed by atoms with van der Waals surface area (Å²) in [6.07, 6.45) is 0. The van der Waals surface area contributed by atoms with Crippen LogP contribution in [0.5, 0.6) is 0 Å². The van der Waals surface area contributed by atoms with Gasteiger partial charge in [-0.25, -0.2) is 4.39 Å². The first-order valence-electron chi connectivity index (χ1n) is 5.31. The van der Waals surface area contributed by atoms with Crippen molar-refractivity contribution in [1.82, 2.24) is 4.90 Å². The third-order valence-electron chi connectivity index (χ3n) is 2.39. The van der Waals surface area contributed by atoms with Crippen LogP contribution < -0.4 is 0 Å². The van der Waals surface area contributed by atoms with Crippen LogP contribution in [-0.2, 0) is 4.79 Å². The highest BCUT2D eigenvalue weighted by Gasteiger charge is 2.22. The summed E-state index contributed by atoms with van der Waals surface area (Å²) in [6.45, 7) is 0.973. The molecule has 19 heavy (non-hydrogen) atoms. The first-order valence-corrected chi connectivity index (χ1v) is 5.31. The Labute approximate surface area is 107 Å². The number of nitro benzene ring substituents is 1. The van der Waals surface area contributed by atoms with Gasteiger partial charge in [-0.1, -0.05) is 0 Å². The van der Waals surface area contributed by atoms with Crippen LogP contribution in [0.2, 0.25) is 0 Å². The number of non-ortho nitro benzene ring substituents is 1. The Hall–Kier alpha value is -2.51. The molecule has 102 valence electrons. The molecule has 0 saturated carbocycles. The minimum absolute atomic E-state index is 0.0489. The number of nitrogens with zero attached hydrogens (tertiary/aromatic N) is 2. The molecule has 1 aromatic carbocycles. The second-order valence-electron chi connectivity index (χ2n) is 3.63. The number of likely N-dealkylation sites (N-methyl/N-ethyl adjacent to an activating group) is 1. The maximum atomic E-state index is 13.5. The van der Waals surface area contributed by atoms with E-state index in [1.54, 1.807) is 0 Å². The number of carboxylic acids is 1. The molecule has 0 atom stereocenters. The number of carboxylic acid groups (broad SMARTS) is 1. The Morgan fingerprint density at radius 3 is 2.58 bits per heavy atom. The van der Waals surface area contributed by atoms with E-state index in [9.17, 15) is 24.1 Å². The van der Waals surface area contributed by atoms with Gasteiger partial charge in [0, 0.05) is 18.7 Å². The van der Waals surface area contributed by atoms with Gasteiger partial charge in [-0.15, -0.1) is 0 Å². The summed E-state index contributed by atoms with van der Waals surface area (Å²) in [5.41, 5.74) is -0.951. The van der Waals surface area contributed by atoms with Crippen LogP contribution in [0.15, 0.2) is 18.2 Å². The van der Waals surface area contributed by atoms with E-state index >= 15 is 0 Å². The number of amides is 1. The monoisotopic (exact) mass is 270 g/mol. The van der Waals surface area contributed by atoms with Crippen molar-refractivity contribution < 1.29 is 24.0 Å². The minimum atomic E-state index is -1.25. The molecule has 7 nitrogen and oxygen atoms in total. The summed E-state index contributed by atoms with van der Waals surface area (Å²) < 4.78 is 13.5. The Morgan fingerprint density at radius 1 is 1.47 bits per heavy atom. The summed E-state index contributed by atoms with van der Waals surface area (Å²) >= 11 is 0. The average Bonchev–Trinajstić information content (AvgIpc) is 2.35. The van der Waals surface area contributed by atoms with Crippen LogP contribution in [0.25, 0.3) is 0 Å². The lowest BCUT2D eigenvalue weighted by molar-refractivity contribution is -0.384. The quantitative estimate of drug-likeness (QED) is 0.641. The molecule has 0 aliphatic rings. The molecular weight excluding hydrogens is 259 g/mol. The molecule has 0 spiro atoms. The van der Waals surface area contributed by atoms with Gasteiger partial charge in [0.2, 0.25) is 0 Å². The molecule has 0 fully saturated rings. The zero-order chi connectivity index (χ0) is 14.6. The lowest BCUT2D eigenvalue weighted by Gasteiger charge is -2.18. The molecule has 8 heteroatoms. The zero-order valence-corrected chi connectivity index (χ0v) is 10.00. The molecule has 0 aliphatic carbocycles. The third kappa shape index (κ3) is 3.47. The van der Waals surface area contributed by atoms with Crippen molar-refractivity contribution in [2.75, 3.05) is 13.1 Å². The van der Waals surface area contributed by atoms with Gasteiger partial charge >= 0.3 is 5.97 Å². The van der Waals surface area contributed by atoms with E-state index in [0.29, 0.717) is 0 Å². The first kappa shape index (κ1) is 14.6. The second kappa shape index (κ2) is 5.89. The zero-order valence-electron chi connectivity index (χ0n) is 10.00. The van der Waals surface area contributed by atoms with Crippen LogP contribution in [-0.4, -0.2) is 39.9 Å². The topological polar surface area (TPSA) is 101 Å². The average molecular weight is 270 g/mol. The standard InChI is InChI=1S/C11H11FN2O5/c1-2-13(6-10(15)16)11(17)8-5-7(14(18)19)3-4-9(8)12/h3-5H,2,6H2,1H3,(H,15,16). The lowest BCUT2D eigenvalue weighted by atomic mass is 10.1. The van der Waals surface area contributed by atoms with Gasteiger partial charge in [0.15, 0.2) is 0 Å². The van der Waals surface area contributed by atoms with E-state index in [0.717, 1.165) is 23.1 Å². The van der Waals surface area contributed by atoms with Gasteiger partial charge in [-0.05, 0) is 13.0 Å². The van der Waals surface area contributed by atoms with Crippen molar-refractivity contribution in [2.24, 2.45) is 0 Å². The summed E-state index contributed by atoms with van der Waals surface area (Å²) in [5, 5.41) is 19.2. The Bertz CT molecular complexity index is 532. The van der Waals surface area contributed by atoms with E-state index in [4.69, 9.17) is 5.11 Å². The number of carbonyl (C=O) groups excluding carboxylic acids is 1. The number of aliphatic carboxylic acids is 1. The number of hydrogen-bond donors (Lipinski definition) is 1. The van der Waals surface area contributed by atoms with Gasteiger partial charge in [0.05, 0.1) is 10.5 Å². The predicted molar refractivity (Wildman–Crippen MR) is 62.3 cm³/mol. The van der Waals surface area contributed by atoms with Crippen molar-refractivity contribution in [1.29, 1.82) is 0 Å². The number of nitro groups is 1. The molecule has 0 saturated heterocycles. The number of carbonyl (C=O) groups is 2. The van der Waals surface area contributed by atoms with Crippen LogP contribution in [0, 0.1) is 15.9 Å². The summed E-state index contributed by atoms with van der Waals surface area (Å²) in [5.74, 6) is -3.08. The van der Waals surface area contributed by atoms with Gasteiger partial charge in [0.25, 0.3) is 11.6 Å². The molecule has 0 aliphatic heterocycles. The Morgan fingerprint density at radius 2 is 2.11 bits per heavy atom. The molecule has 1 aromatic rings. The minimum Gasteiger partial charge on any atom is -0.480 e. The summed E-state index contributed by atoms with van der Waals surface area (Å²) in [7, 11) is 0. The smallest absolute Gasteiger partial charge is 0.323 e. The third-order valence-corrected chi connectivity index (χ3v) is 2.39. The lowest BCUT2D eigenvalue weighted by Crippen LogP contribution is -2.35. The fourth-order valence-electron chi connectivity index (χ4n) is 1.45. The molecule has 0 bridgehead atoms. The van der Waals surface area contributed by atoms with Crippen molar-refractivity contribution in [2.45, 2.75) is 6.92 Å². The molecule has 1 amide bonds. The predicted octanol–water partition coefficient (Wildman–Crippen LogP) is 1.28.